The van der Waals surface area contributed by atoms with Gasteiger partial charge in [-0.15, -0.1) is 0 Å². The summed E-state index contributed by atoms with van der Waals surface area (Å²) >= 11 is 5.53. The summed E-state index contributed by atoms with van der Waals surface area (Å²) < 4.78 is 27.0. The maximum Gasteiger partial charge on any atom is 0.132 e. The topological polar surface area (TPSA) is 26.0 Å². The van der Waals surface area contributed by atoms with Crippen molar-refractivity contribution in [1.82, 2.24) is 0 Å². The van der Waals surface area contributed by atoms with Gasteiger partial charge in [-0.3, -0.25) is 0 Å². The molecule has 1 fully saturated rings. The predicted molar refractivity (Wildman–Crippen MR) is 55.6 cm³/mol. The van der Waals surface area contributed by atoms with Crippen LogP contribution >= 0.6 is 11.6 Å². The van der Waals surface area contributed by atoms with Gasteiger partial charge in [-0.05, 0) is 30.9 Å². The van der Waals surface area contributed by atoms with Crippen LogP contribution in [0.3, 0.4) is 0 Å². The van der Waals surface area contributed by atoms with Gasteiger partial charge in [0, 0.05) is 16.6 Å². The average molecular weight is 232 g/mol. The van der Waals surface area contributed by atoms with E-state index >= 15 is 0 Å². The molecular weight excluding hydrogens is 220 g/mol. The monoisotopic (exact) mass is 231 g/mol. The summed E-state index contributed by atoms with van der Waals surface area (Å²) in [5.41, 5.74) is 5.80. The zero-order valence-corrected chi connectivity index (χ0v) is 8.90. The summed E-state index contributed by atoms with van der Waals surface area (Å²) in [4.78, 5) is 0. The van der Waals surface area contributed by atoms with Gasteiger partial charge in [0.2, 0.25) is 0 Å². The van der Waals surface area contributed by atoms with E-state index in [2.05, 4.69) is 0 Å². The van der Waals surface area contributed by atoms with Crippen LogP contribution in [0, 0.1) is 17.6 Å². The fraction of sp³-hybridized carbons (Fsp3) is 0.455. The quantitative estimate of drug-likeness (QED) is 0.829. The van der Waals surface area contributed by atoms with E-state index in [1.54, 1.807) is 0 Å². The van der Waals surface area contributed by atoms with Gasteiger partial charge >= 0.3 is 0 Å². The molecular formula is C11H12ClF2N. The lowest BCUT2D eigenvalue weighted by Gasteiger charge is -2.31. The third kappa shape index (κ3) is 1.99. The number of rotatable bonds is 2. The highest BCUT2D eigenvalue weighted by Gasteiger charge is 2.29. The molecule has 82 valence electrons. The number of hydrogen-bond donors (Lipinski definition) is 1. The van der Waals surface area contributed by atoms with Crippen LogP contribution < -0.4 is 5.73 Å². The molecule has 0 aliphatic heterocycles. The Labute approximate surface area is 92.2 Å². The van der Waals surface area contributed by atoms with Crippen molar-refractivity contribution in [2.45, 2.75) is 25.3 Å². The van der Waals surface area contributed by atoms with E-state index in [-0.39, 0.29) is 16.5 Å². The van der Waals surface area contributed by atoms with Crippen molar-refractivity contribution in [3.8, 4) is 0 Å². The lowest BCUT2D eigenvalue weighted by atomic mass is 9.77. The second-order valence-electron chi connectivity index (χ2n) is 4.00. The molecule has 0 spiro atoms. The molecule has 1 saturated carbocycles. The highest BCUT2D eigenvalue weighted by Crippen LogP contribution is 2.38. The van der Waals surface area contributed by atoms with Crippen molar-refractivity contribution in [2.24, 2.45) is 11.7 Å². The SMILES string of the molecule is N[C@H](c1c(F)cc(Cl)cc1F)C1CCC1. The molecule has 1 atom stereocenters. The van der Waals surface area contributed by atoms with Crippen LogP contribution in [-0.4, -0.2) is 0 Å². The Kier molecular flexibility index (Phi) is 2.94. The summed E-state index contributed by atoms with van der Waals surface area (Å²) in [6, 6.07) is 1.67. The first-order valence-electron chi connectivity index (χ1n) is 4.99. The summed E-state index contributed by atoms with van der Waals surface area (Å²) in [5, 5.41) is 0.0644. The summed E-state index contributed by atoms with van der Waals surface area (Å²) in [6.07, 6.45) is 2.99. The molecule has 0 aromatic heterocycles. The van der Waals surface area contributed by atoms with E-state index in [1.807, 2.05) is 0 Å². The van der Waals surface area contributed by atoms with Gasteiger partial charge in [0.05, 0.1) is 0 Å². The second kappa shape index (κ2) is 4.06. The van der Waals surface area contributed by atoms with Crippen molar-refractivity contribution < 1.29 is 8.78 Å². The van der Waals surface area contributed by atoms with Gasteiger partial charge in [-0.1, -0.05) is 18.0 Å². The minimum absolute atomic E-state index is 0.0240. The van der Waals surface area contributed by atoms with Gasteiger partial charge in [0.25, 0.3) is 0 Å². The highest BCUT2D eigenvalue weighted by atomic mass is 35.5. The number of halogens is 3. The lowest BCUT2D eigenvalue weighted by molar-refractivity contribution is 0.256. The molecule has 0 heterocycles. The molecule has 1 aliphatic rings. The Bertz CT molecular complexity index is 354. The molecule has 2 rings (SSSR count). The summed E-state index contributed by atoms with van der Waals surface area (Å²) in [5.74, 6) is -1.08. The van der Waals surface area contributed by atoms with Crippen molar-refractivity contribution in [3.05, 3.63) is 34.4 Å². The van der Waals surface area contributed by atoms with E-state index in [1.165, 1.54) is 0 Å². The van der Waals surface area contributed by atoms with Crippen molar-refractivity contribution in [1.29, 1.82) is 0 Å². The second-order valence-corrected chi connectivity index (χ2v) is 4.44. The molecule has 0 amide bonds. The van der Waals surface area contributed by atoms with Crippen LogP contribution in [0.15, 0.2) is 12.1 Å². The van der Waals surface area contributed by atoms with E-state index in [4.69, 9.17) is 17.3 Å². The molecule has 15 heavy (non-hydrogen) atoms. The highest BCUT2D eigenvalue weighted by molar-refractivity contribution is 6.30. The molecule has 2 N–H and O–H groups in total. The zero-order chi connectivity index (χ0) is 11.0. The first kappa shape index (κ1) is 10.8. The Morgan fingerprint density at radius 1 is 1.27 bits per heavy atom. The fourth-order valence-corrected chi connectivity index (χ4v) is 2.10. The molecule has 1 aromatic carbocycles. The van der Waals surface area contributed by atoms with E-state index in [0.717, 1.165) is 31.4 Å². The van der Waals surface area contributed by atoms with Crippen molar-refractivity contribution in [3.63, 3.8) is 0 Å². The van der Waals surface area contributed by atoms with Gasteiger partial charge in [0.1, 0.15) is 11.6 Å². The largest absolute Gasteiger partial charge is 0.324 e. The van der Waals surface area contributed by atoms with E-state index in [9.17, 15) is 8.78 Å². The Morgan fingerprint density at radius 3 is 2.20 bits per heavy atom. The molecule has 0 radical (unpaired) electrons. The van der Waals surface area contributed by atoms with Crippen LogP contribution in [0.2, 0.25) is 5.02 Å². The van der Waals surface area contributed by atoms with Crippen LogP contribution in [0.25, 0.3) is 0 Å². The normalized spacial score (nSPS) is 18.7. The molecule has 0 saturated heterocycles. The average Bonchev–Trinajstić information content (AvgIpc) is 1.97. The van der Waals surface area contributed by atoms with Gasteiger partial charge in [-0.25, -0.2) is 8.78 Å². The first-order valence-corrected chi connectivity index (χ1v) is 5.37. The lowest BCUT2D eigenvalue weighted by Crippen LogP contribution is -2.28. The maximum atomic E-state index is 13.5. The summed E-state index contributed by atoms with van der Waals surface area (Å²) in [6.45, 7) is 0. The van der Waals surface area contributed by atoms with Gasteiger partial charge < -0.3 is 5.73 Å². The maximum absolute atomic E-state index is 13.5. The molecule has 1 aliphatic carbocycles. The molecule has 0 unspecified atom stereocenters. The number of benzene rings is 1. The van der Waals surface area contributed by atoms with E-state index in [0.29, 0.717) is 0 Å². The standard InChI is InChI=1S/C11H12ClF2N/c12-7-4-8(13)10(9(14)5-7)11(15)6-2-1-3-6/h4-6,11H,1-3,15H2/t11-/m0/s1. The minimum Gasteiger partial charge on any atom is -0.324 e. The number of nitrogens with two attached hydrogens (primary N) is 1. The third-order valence-electron chi connectivity index (χ3n) is 3.03. The van der Waals surface area contributed by atoms with Crippen LogP contribution in [0.5, 0.6) is 0 Å². The molecule has 1 aromatic rings. The van der Waals surface area contributed by atoms with Crippen LogP contribution in [0.1, 0.15) is 30.9 Å². The van der Waals surface area contributed by atoms with Gasteiger partial charge in [0.15, 0.2) is 0 Å². The zero-order valence-electron chi connectivity index (χ0n) is 8.14. The molecule has 1 nitrogen and oxygen atoms in total. The first-order chi connectivity index (χ1) is 7.09. The van der Waals surface area contributed by atoms with Gasteiger partial charge in [-0.2, -0.15) is 0 Å². The molecule has 0 bridgehead atoms. The Hall–Kier alpha value is -0.670. The summed E-state index contributed by atoms with van der Waals surface area (Å²) in [7, 11) is 0. The molecule has 4 heteroatoms. The Morgan fingerprint density at radius 2 is 1.80 bits per heavy atom. The van der Waals surface area contributed by atoms with Crippen LogP contribution in [-0.2, 0) is 0 Å². The fourth-order valence-electron chi connectivity index (χ4n) is 1.91. The third-order valence-corrected chi connectivity index (χ3v) is 3.25. The Balaban J connectivity index is 2.33. The van der Waals surface area contributed by atoms with Crippen molar-refractivity contribution in [2.75, 3.05) is 0 Å². The smallest absolute Gasteiger partial charge is 0.132 e. The predicted octanol–water partition coefficient (Wildman–Crippen LogP) is 3.42. The minimum atomic E-state index is -0.639. The number of hydrogen-bond acceptors (Lipinski definition) is 1. The van der Waals surface area contributed by atoms with Crippen molar-refractivity contribution >= 4 is 11.6 Å². The van der Waals surface area contributed by atoms with Crippen LogP contribution in [0.4, 0.5) is 8.78 Å². The van der Waals surface area contributed by atoms with E-state index < -0.39 is 17.7 Å².